The van der Waals surface area contributed by atoms with Gasteiger partial charge >= 0.3 is 0 Å². The molecule has 21 heavy (non-hydrogen) atoms. The Morgan fingerprint density at radius 3 is 2.29 bits per heavy atom. The van der Waals surface area contributed by atoms with Gasteiger partial charge in [0.1, 0.15) is 0 Å². The minimum Gasteiger partial charge on any atom is -0.385 e. The number of hydrogen-bond donors (Lipinski definition) is 1. The average molecular weight is 282 g/mol. The first-order chi connectivity index (χ1) is 10.2. The topological polar surface area (TPSA) is 32.3 Å². The third-order valence-electron chi connectivity index (χ3n) is 3.35. The summed E-state index contributed by atoms with van der Waals surface area (Å²) in [5, 5.41) is 3.39. The number of aryl methyl sites for hydroxylation is 1. The number of nitrogens with one attached hydrogen (secondary N) is 1. The molecule has 0 aromatic heterocycles. The van der Waals surface area contributed by atoms with Gasteiger partial charge in [-0.15, -0.1) is 0 Å². The van der Waals surface area contributed by atoms with Gasteiger partial charge in [0.25, 0.3) is 5.91 Å². The minimum absolute atomic E-state index is 0.0330. The van der Waals surface area contributed by atoms with Gasteiger partial charge in [-0.1, -0.05) is 30.3 Å². The summed E-state index contributed by atoms with van der Waals surface area (Å²) in [5.74, 6) is 0.0330. The third-order valence-corrected chi connectivity index (χ3v) is 3.35. The lowest BCUT2D eigenvalue weighted by molar-refractivity contribution is 0.0827. The summed E-state index contributed by atoms with van der Waals surface area (Å²) >= 11 is 0. The minimum atomic E-state index is 0.0330. The van der Waals surface area contributed by atoms with E-state index in [1.54, 1.807) is 19.0 Å². The van der Waals surface area contributed by atoms with Crippen molar-refractivity contribution in [3.63, 3.8) is 0 Å². The Bertz CT molecular complexity index is 562. The van der Waals surface area contributed by atoms with Crippen molar-refractivity contribution < 1.29 is 4.79 Å². The third kappa shape index (κ3) is 4.63. The summed E-state index contributed by atoms with van der Waals surface area (Å²) in [7, 11) is 3.52. The summed E-state index contributed by atoms with van der Waals surface area (Å²) < 4.78 is 0. The first kappa shape index (κ1) is 15.1. The van der Waals surface area contributed by atoms with Crippen LogP contribution in [0.1, 0.15) is 22.3 Å². The standard InChI is InChI=1S/C18H22N2O/c1-20(2)18(21)16-10-12-17(13-11-16)19-14-6-9-15-7-4-3-5-8-15/h3-5,7-8,10-13,19H,6,9,14H2,1-2H3. The number of benzene rings is 2. The molecule has 0 unspecified atom stereocenters. The maximum absolute atomic E-state index is 11.8. The lowest BCUT2D eigenvalue weighted by atomic mass is 10.1. The van der Waals surface area contributed by atoms with E-state index < -0.39 is 0 Å². The predicted molar refractivity (Wildman–Crippen MR) is 87.7 cm³/mol. The highest BCUT2D eigenvalue weighted by atomic mass is 16.2. The van der Waals surface area contributed by atoms with E-state index in [0.29, 0.717) is 0 Å². The summed E-state index contributed by atoms with van der Waals surface area (Å²) in [5.41, 5.74) is 3.14. The zero-order valence-electron chi connectivity index (χ0n) is 12.7. The monoisotopic (exact) mass is 282 g/mol. The second kappa shape index (κ2) is 7.48. The summed E-state index contributed by atoms with van der Waals surface area (Å²) in [6, 6.07) is 18.1. The summed E-state index contributed by atoms with van der Waals surface area (Å²) in [6.07, 6.45) is 2.16. The molecule has 0 spiro atoms. The Morgan fingerprint density at radius 1 is 1.00 bits per heavy atom. The maximum atomic E-state index is 11.8. The largest absolute Gasteiger partial charge is 0.385 e. The van der Waals surface area contributed by atoms with E-state index >= 15 is 0 Å². The molecular formula is C18H22N2O. The Morgan fingerprint density at radius 2 is 1.67 bits per heavy atom. The molecule has 2 aromatic rings. The van der Waals surface area contributed by atoms with E-state index in [4.69, 9.17) is 0 Å². The molecule has 3 heteroatoms. The lowest BCUT2D eigenvalue weighted by Gasteiger charge is -2.11. The molecule has 1 amide bonds. The molecule has 3 nitrogen and oxygen atoms in total. The quantitative estimate of drug-likeness (QED) is 0.823. The van der Waals surface area contributed by atoms with Crippen LogP contribution >= 0.6 is 0 Å². The number of hydrogen-bond acceptors (Lipinski definition) is 2. The molecular weight excluding hydrogens is 260 g/mol. The number of carbonyl (C=O) groups is 1. The Hall–Kier alpha value is -2.29. The van der Waals surface area contributed by atoms with Crippen LogP contribution in [0.15, 0.2) is 54.6 Å². The van der Waals surface area contributed by atoms with Crippen LogP contribution in [-0.2, 0) is 6.42 Å². The highest BCUT2D eigenvalue weighted by Crippen LogP contribution is 2.11. The second-order valence-electron chi connectivity index (χ2n) is 5.29. The Kier molecular flexibility index (Phi) is 5.38. The number of carbonyl (C=O) groups excluding carboxylic acids is 1. The maximum Gasteiger partial charge on any atom is 0.253 e. The van der Waals surface area contributed by atoms with E-state index in [2.05, 4.69) is 29.6 Å². The number of rotatable bonds is 6. The van der Waals surface area contributed by atoms with Crippen LogP contribution in [0, 0.1) is 0 Å². The lowest BCUT2D eigenvalue weighted by Crippen LogP contribution is -2.21. The number of nitrogens with zero attached hydrogens (tertiary/aromatic N) is 1. The molecule has 0 saturated heterocycles. The SMILES string of the molecule is CN(C)C(=O)c1ccc(NCCCc2ccccc2)cc1. The van der Waals surface area contributed by atoms with Gasteiger partial charge in [-0.2, -0.15) is 0 Å². The van der Waals surface area contributed by atoms with Crippen LogP contribution in [-0.4, -0.2) is 31.4 Å². The fraction of sp³-hybridized carbons (Fsp3) is 0.278. The molecule has 0 aliphatic carbocycles. The zero-order valence-corrected chi connectivity index (χ0v) is 12.7. The van der Waals surface area contributed by atoms with Gasteiger partial charge in [-0.3, -0.25) is 4.79 Å². The average Bonchev–Trinajstić information content (AvgIpc) is 2.52. The van der Waals surface area contributed by atoms with Crippen molar-refractivity contribution in [1.82, 2.24) is 4.90 Å². The van der Waals surface area contributed by atoms with Gasteiger partial charge in [-0.05, 0) is 42.7 Å². The molecule has 0 aliphatic rings. The second-order valence-corrected chi connectivity index (χ2v) is 5.29. The van der Waals surface area contributed by atoms with E-state index in [0.717, 1.165) is 30.6 Å². The Balaban J connectivity index is 1.77. The fourth-order valence-electron chi connectivity index (χ4n) is 2.16. The molecule has 1 N–H and O–H groups in total. The zero-order chi connectivity index (χ0) is 15.1. The number of anilines is 1. The van der Waals surface area contributed by atoms with Gasteiger partial charge in [0.15, 0.2) is 0 Å². The van der Waals surface area contributed by atoms with Crippen LogP contribution in [0.5, 0.6) is 0 Å². The molecule has 2 aromatic carbocycles. The highest BCUT2D eigenvalue weighted by molar-refractivity contribution is 5.94. The first-order valence-corrected chi connectivity index (χ1v) is 7.26. The molecule has 110 valence electrons. The molecule has 0 atom stereocenters. The van der Waals surface area contributed by atoms with Crippen LogP contribution in [0.25, 0.3) is 0 Å². The molecule has 0 bridgehead atoms. The van der Waals surface area contributed by atoms with Gasteiger partial charge < -0.3 is 10.2 Å². The Labute approximate surface area is 126 Å². The van der Waals surface area contributed by atoms with Crippen molar-refractivity contribution in [1.29, 1.82) is 0 Å². The van der Waals surface area contributed by atoms with Crippen molar-refractivity contribution in [3.8, 4) is 0 Å². The highest BCUT2D eigenvalue weighted by Gasteiger charge is 2.06. The van der Waals surface area contributed by atoms with Crippen molar-refractivity contribution in [3.05, 3.63) is 65.7 Å². The molecule has 2 rings (SSSR count). The van der Waals surface area contributed by atoms with Crippen LogP contribution in [0.4, 0.5) is 5.69 Å². The summed E-state index contributed by atoms with van der Waals surface area (Å²) in [4.78, 5) is 13.4. The molecule has 0 saturated carbocycles. The fourth-order valence-corrected chi connectivity index (χ4v) is 2.16. The van der Waals surface area contributed by atoms with E-state index in [1.165, 1.54) is 5.56 Å². The normalized spacial score (nSPS) is 10.2. The molecule has 0 aliphatic heterocycles. The van der Waals surface area contributed by atoms with Crippen LogP contribution in [0.3, 0.4) is 0 Å². The van der Waals surface area contributed by atoms with Crippen molar-refractivity contribution in [2.24, 2.45) is 0 Å². The first-order valence-electron chi connectivity index (χ1n) is 7.26. The van der Waals surface area contributed by atoms with Gasteiger partial charge in [0.05, 0.1) is 0 Å². The van der Waals surface area contributed by atoms with Crippen molar-refractivity contribution >= 4 is 11.6 Å². The van der Waals surface area contributed by atoms with Gasteiger partial charge in [-0.25, -0.2) is 0 Å². The van der Waals surface area contributed by atoms with E-state index in [-0.39, 0.29) is 5.91 Å². The van der Waals surface area contributed by atoms with Gasteiger partial charge in [0, 0.05) is 31.9 Å². The smallest absolute Gasteiger partial charge is 0.253 e. The van der Waals surface area contributed by atoms with E-state index in [9.17, 15) is 4.79 Å². The predicted octanol–water partition coefficient (Wildman–Crippen LogP) is 3.43. The molecule has 0 heterocycles. The van der Waals surface area contributed by atoms with Gasteiger partial charge in [0.2, 0.25) is 0 Å². The van der Waals surface area contributed by atoms with Crippen LogP contribution in [0.2, 0.25) is 0 Å². The molecule has 0 radical (unpaired) electrons. The van der Waals surface area contributed by atoms with E-state index in [1.807, 2.05) is 30.3 Å². The summed E-state index contributed by atoms with van der Waals surface area (Å²) in [6.45, 7) is 0.926. The van der Waals surface area contributed by atoms with Crippen molar-refractivity contribution in [2.75, 3.05) is 26.0 Å². The van der Waals surface area contributed by atoms with Crippen molar-refractivity contribution in [2.45, 2.75) is 12.8 Å². The molecule has 0 fully saturated rings. The number of amides is 1. The van der Waals surface area contributed by atoms with Crippen LogP contribution < -0.4 is 5.32 Å².